The first-order valence-corrected chi connectivity index (χ1v) is 5.37. The molecule has 1 aromatic heterocycles. The van der Waals surface area contributed by atoms with Gasteiger partial charge in [0.25, 0.3) is 0 Å². The third kappa shape index (κ3) is 3.02. The summed E-state index contributed by atoms with van der Waals surface area (Å²) in [6.07, 6.45) is 0. The number of hydrogen-bond donors (Lipinski definition) is 4. The highest BCUT2D eigenvalue weighted by molar-refractivity contribution is 7.10. The quantitative estimate of drug-likeness (QED) is 0.547. The molecule has 0 saturated carbocycles. The van der Waals surface area contributed by atoms with Crippen LogP contribution in [0.1, 0.15) is 10.9 Å². The van der Waals surface area contributed by atoms with Crippen molar-refractivity contribution in [1.29, 1.82) is 0 Å². The summed E-state index contributed by atoms with van der Waals surface area (Å²) in [5.74, 6) is -1.92. The predicted molar refractivity (Wildman–Crippen MR) is 57.9 cm³/mol. The molecule has 5 N–H and O–H groups in total. The number of aliphatic carboxylic acids is 1. The van der Waals surface area contributed by atoms with Gasteiger partial charge in [-0.05, 0) is 11.4 Å². The molecule has 6 nitrogen and oxygen atoms in total. The molecule has 0 radical (unpaired) electrons. The lowest BCUT2D eigenvalue weighted by Crippen LogP contribution is -2.46. The fourth-order valence-corrected chi connectivity index (χ4v) is 1.77. The van der Waals surface area contributed by atoms with Gasteiger partial charge in [0, 0.05) is 4.88 Å². The first-order valence-electron chi connectivity index (χ1n) is 4.49. The standard InChI is InChI=1S/C9H12N2O4S/c10-7(6-2-1-3-16-6)8(13)11-5(4-12)9(14)15/h1-3,5,7,12H,4,10H2,(H,11,13)(H,14,15)/t5-,7?/m0/s1. The van der Waals surface area contributed by atoms with Gasteiger partial charge in [-0.1, -0.05) is 6.07 Å². The monoisotopic (exact) mass is 244 g/mol. The van der Waals surface area contributed by atoms with E-state index in [2.05, 4.69) is 5.32 Å². The van der Waals surface area contributed by atoms with Gasteiger partial charge in [-0.3, -0.25) is 4.79 Å². The van der Waals surface area contributed by atoms with E-state index in [-0.39, 0.29) is 0 Å². The number of carboxylic acid groups (broad SMARTS) is 1. The van der Waals surface area contributed by atoms with Crippen LogP contribution in [-0.4, -0.2) is 34.7 Å². The number of carbonyl (C=O) groups excluding carboxylic acids is 1. The molecule has 0 aromatic carbocycles. The Kier molecular flexibility index (Phi) is 4.41. The predicted octanol–water partition coefficient (Wildman–Crippen LogP) is -0.690. The first kappa shape index (κ1) is 12.6. The van der Waals surface area contributed by atoms with Crippen LogP contribution in [0.5, 0.6) is 0 Å². The van der Waals surface area contributed by atoms with Crippen LogP contribution in [0.25, 0.3) is 0 Å². The molecule has 16 heavy (non-hydrogen) atoms. The van der Waals surface area contributed by atoms with Crippen molar-refractivity contribution in [3.8, 4) is 0 Å². The minimum absolute atomic E-state index is 0.621. The smallest absolute Gasteiger partial charge is 0.328 e. The highest BCUT2D eigenvalue weighted by Gasteiger charge is 2.23. The van der Waals surface area contributed by atoms with Crippen LogP contribution in [-0.2, 0) is 9.59 Å². The van der Waals surface area contributed by atoms with Gasteiger partial charge in [-0.2, -0.15) is 0 Å². The minimum atomic E-state index is -1.32. The molecule has 0 fully saturated rings. The zero-order valence-electron chi connectivity index (χ0n) is 8.29. The van der Waals surface area contributed by atoms with Crippen LogP contribution >= 0.6 is 11.3 Å². The van der Waals surface area contributed by atoms with E-state index in [1.165, 1.54) is 11.3 Å². The van der Waals surface area contributed by atoms with Crippen LogP contribution in [0.3, 0.4) is 0 Å². The number of thiophene rings is 1. The Balaban J connectivity index is 2.61. The van der Waals surface area contributed by atoms with Crippen LogP contribution < -0.4 is 11.1 Å². The highest BCUT2D eigenvalue weighted by Crippen LogP contribution is 2.16. The second-order valence-electron chi connectivity index (χ2n) is 3.08. The Hall–Kier alpha value is -1.44. The molecule has 1 rings (SSSR count). The maximum Gasteiger partial charge on any atom is 0.328 e. The summed E-state index contributed by atoms with van der Waals surface area (Å²) >= 11 is 1.31. The fraction of sp³-hybridized carbons (Fsp3) is 0.333. The summed E-state index contributed by atoms with van der Waals surface area (Å²) in [6.45, 7) is -0.668. The van der Waals surface area contributed by atoms with Gasteiger partial charge in [0.15, 0.2) is 0 Å². The Bertz CT molecular complexity index is 366. The van der Waals surface area contributed by atoms with Crippen LogP contribution in [0, 0.1) is 0 Å². The number of aliphatic hydroxyl groups is 1. The molecule has 2 atom stereocenters. The molecule has 0 aliphatic heterocycles. The molecule has 1 amide bonds. The maximum atomic E-state index is 11.5. The molecule has 1 aromatic rings. The second kappa shape index (κ2) is 5.59. The minimum Gasteiger partial charge on any atom is -0.480 e. The molecular formula is C9H12N2O4S. The summed E-state index contributed by atoms with van der Waals surface area (Å²) in [7, 11) is 0. The van der Waals surface area contributed by atoms with E-state index < -0.39 is 30.6 Å². The lowest BCUT2D eigenvalue weighted by atomic mass is 10.2. The van der Waals surface area contributed by atoms with Crippen LogP contribution in [0.4, 0.5) is 0 Å². The van der Waals surface area contributed by atoms with E-state index in [0.29, 0.717) is 4.88 Å². The number of carbonyl (C=O) groups is 2. The van der Waals surface area contributed by atoms with Gasteiger partial charge in [-0.25, -0.2) is 4.79 Å². The van der Waals surface area contributed by atoms with Crippen molar-refractivity contribution in [3.63, 3.8) is 0 Å². The molecule has 88 valence electrons. The SMILES string of the molecule is NC(C(=O)N[C@@H](CO)C(=O)O)c1cccs1. The topological polar surface area (TPSA) is 113 Å². The van der Waals surface area contributed by atoms with Gasteiger partial charge in [0.05, 0.1) is 6.61 Å². The fourth-order valence-electron chi connectivity index (χ4n) is 1.04. The Morgan fingerprint density at radius 2 is 2.25 bits per heavy atom. The summed E-state index contributed by atoms with van der Waals surface area (Å²) < 4.78 is 0. The van der Waals surface area contributed by atoms with Crippen LogP contribution in [0.15, 0.2) is 17.5 Å². The van der Waals surface area contributed by atoms with Gasteiger partial charge in [-0.15, -0.1) is 11.3 Å². The summed E-state index contributed by atoms with van der Waals surface area (Å²) in [6, 6.07) is 1.20. The first-order chi connectivity index (χ1) is 7.56. The molecule has 0 saturated heterocycles. The van der Waals surface area contributed by atoms with Gasteiger partial charge >= 0.3 is 5.97 Å². The Morgan fingerprint density at radius 1 is 1.56 bits per heavy atom. The van der Waals surface area contributed by atoms with Crippen LogP contribution in [0.2, 0.25) is 0 Å². The normalized spacial score (nSPS) is 14.1. The number of rotatable bonds is 5. The zero-order chi connectivity index (χ0) is 12.1. The largest absolute Gasteiger partial charge is 0.480 e. The van der Waals surface area contributed by atoms with E-state index in [1.807, 2.05) is 0 Å². The zero-order valence-corrected chi connectivity index (χ0v) is 9.11. The number of nitrogens with one attached hydrogen (secondary N) is 1. The van der Waals surface area contributed by atoms with Crippen molar-refractivity contribution in [3.05, 3.63) is 22.4 Å². The molecule has 7 heteroatoms. The molecule has 0 aliphatic carbocycles. The van der Waals surface area contributed by atoms with Crippen molar-refractivity contribution in [1.82, 2.24) is 5.32 Å². The van der Waals surface area contributed by atoms with E-state index in [4.69, 9.17) is 15.9 Å². The molecule has 0 spiro atoms. The summed E-state index contributed by atoms with van der Waals surface area (Å²) in [5.41, 5.74) is 5.61. The van der Waals surface area contributed by atoms with E-state index in [9.17, 15) is 9.59 Å². The van der Waals surface area contributed by atoms with Gasteiger partial charge in [0.1, 0.15) is 12.1 Å². The van der Waals surface area contributed by atoms with E-state index >= 15 is 0 Å². The van der Waals surface area contributed by atoms with E-state index in [1.54, 1.807) is 17.5 Å². The molecule has 0 bridgehead atoms. The van der Waals surface area contributed by atoms with Crippen molar-refractivity contribution in [2.75, 3.05) is 6.61 Å². The molecule has 1 heterocycles. The highest BCUT2D eigenvalue weighted by atomic mass is 32.1. The molecule has 0 aliphatic rings. The van der Waals surface area contributed by atoms with Crippen molar-refractivity contribution in [2.45, 2.75) is 12.1 Å². The molecular weight excluding hydrogens is 232 g/mol. The second-order valence-corrected chi connectivity index (χ2v) is 4.05. The summed E-state index contributed by atoms with van der Waals surface area (Å²) in [4.78, 5) is 22.7. The third-order valence-electron chi connectivity index (χ3n) is 1.93. The average molecular weight is 244 g/mol. The maximum absolute atomic E-state index is 11.5. The van der Waals surface area contributed by atoms with Crippen molar-refractivity contribution >= 4 is 23.2 Å². The van der Waals surface area contributed by atoms with Crippen molar-refractivity contribution in [2.24, 2.45) is 5.73 Å². The van der Waals surface area contributed by atoms with Gasteiger partial charge in [0.2, 0.25) is 5.91 Å². The summed E-state index contributed by atoms with van der Waals surface area (Å²) in [5, 5.41) is 21.3. The number of aliphatic hydroxyl groups excluding tert-OH is 1. The average Bonchev–Trinajstić information content (AvgIpc) is 2.77. The number of amides is 1. The lowest BCUT2D eigenvalue weighted by Gasteiger charge is -2.14. The number of hydrogen-bond acceptors (Lipinski definition) is 5. The van der Waals surface area contributed by atoms with E-state index in [0.717, 1.165) is 0 Å². The number of carboxylic acids is 1. The van der Waals surface area contributed by atoms with Gasteiger partial charge < -0.3 is 21.3 Å². The Morgan fingerprint density at radius 3 is 2.69 bits per heavy atom. The lowest BCUT2D eigenvalue weighted by molar-refractivity contribution is -0.143. The Labute approximate surface area is 95.7 Å². The third-order valence-corrected chi connectivity index (χ3v) is 2.88. The molecule has 1 unspecified atom stereocenters. The van der Waals surface area contributed by atoms with Crippen molar-refractivity contribution < 1.29 is 19.8 Å². The number of nitrogens with two attached hydrogens (primary N) is 1.